The van der Waals surface area contributed by atoms with Crippen molar-refractivity contribution < 1.29 is 14.3 Å². The maximum absolute atomic E-state index is 12.3. The zero-order valence-corrected chi connectivity index (χ0v) is 13.5. The van der Waals surface area contributed by atoms with Gasteiger partial charge in [-0.15, -0.1) is 12.4 Å². The average Bonchev–Trinajstić information content (AvgIpc) is 3.00. The van der Waals surface area contributed by atoms with Crippen LogP contribution in [0.3, 0.4) is 0 Å². The molecule has 0 aliphatic carbocycles. The van der Waals surface area contributed by atoms with Crippen molar-refractivity contribution in [2.24, 2.45) is 0 Å². The first-order valence-corrected chi connectivity index (χ1v) is 6.83. The summed E-state index contributed by atoms with van der Waals surface area (Å²) >= 11 is 0. The molecule has 0 spiro atoms. The van der Waals surface area contributed by atoms with Gasteiger partial charge in [0.2, 0.25) is 5.91 Å². The van der Waals surface area contributed by atoms with Crippen LogP contribution in [0.2, 0.25) is 0 Å². The number of methoxy groups -OCH3 is 2. The van der Waals surface area contributed by atoms with Crippen LogP contribution in [0.1, 0.15) is 12.0 Å². The molecule has 1 aromatic rings. The number of nitrogens with zero attached hydrogens (tertiary/aromatic N) is 1. The Morgan fingerprint density at radius 3 is 2.62 bits per heavy atom. The summed E-state index contributed by atoms with van der Waals surface area (Å²) in [6.07, 6.45) is 1.40. The van der Waals surface area contributed by atoms with E-state index in [0.717, 1.165) is 25.1 Å². The molecule has 1 fully saturated rings. The van der Waals surface area contributed by atoms with Crippen LogP contribution in [0.5, 0.6) is 11.5 Å². The molecule has 1 aliphatic heterocycles. The number of carbonyl (C=O) groups is 1. The van der Waals surface area contributed by atoms with Gasteiger partial charge in [-0.1, -0.05) is 6.07 Å². The van der Waals surface area contributed by atoms with Gasteiger partial charge in [0.25, 0.3) is 0 Å². The quantitative estimate of drug-likeness (QED) is 0.894. The molecule has 6 heteroatoms. The Labute approximate surface area is 132 Å². The SMILES string of the molecule is COc1ccc(CC(=O)N(C)C2CCNC2)cc1OC.Cl. The Kier molecular flexibility index (Phi) is 6.78. The Morgan fingerprint density at radius 2 is 2.05 bits per heavy atom. The van der Waals surface area contributed by atoms with Gasteiger partial charge in [-0.2, -0.15) is 0 Å². The maximum Gasteiger partial charge on any atom is 0.227 e. The van der Waals surface area contributed by atoms with Crippen molar-refractivity contribution in [2.75, 3.05) is 34.4 Å². The first kappa shape index (κ1) is 17.6. The molecule has 1 aliphatic rings. The fourth-order valence-corrected chi connectivity index (χ4v) is 2.46. The lowest BCUT2D eigenvalue weighted by molar-refractivity contribution is -0.130. The van der Waals surface area contributed by atoms with Crippen molar-refractivity contribution >= 4 is 18.3 Å². The molecule has 1 aromatic carbocycles. The first-order valence-electron chi connectivity index (χ1n) is 6.83. The normalized spacial score (nSPS) is 17.0. The number of amides is 1. The van der Waals surface area contributed by atoms with Crippen LogP contribution in [0, 0.1) is 0 Å². The molecule has 1 amide bonds. The van der Waals surface area contributed by atoms with E-state index in [1.807, 2.05) is 30.1 Å². The zero-order chi connectivity index (χ0) is 14.5. The number of benzene rings is 1. The minimum atomic E-state index is 0. The van der Waals surface area contributed by atoms with E-state index >= 15 is 0 Å². The van der Waals surface area contributed by atoms with Gasteiger partial charge in [0, 0.05) is 19.6 Å². The van der Waals surface area contributed by atoms with Gasteiger partial charge in [-0.3, -0.25) is 4.79 Å². The summed E-state index contributed by atoms with van der Waals surface area (Å²) in [5.74, 6) is 1.46. The Morgan fingerprint density at radius 1 is 1.33 bits per heavy atom. The van der Waals surface area contributed by atoms with Crippen molar-refractivity contribution in [3.63, 3.8) is 0 Å². The largest absolute Gasteiger partial charge is 0.493 e. The van der Waals surface area contributed by atoms with E-state index in [2.05, 4.69) is 5.32 Å². The second kappa shape index (κ2) is 8.10. The van der Waals surface area contributed by atoms with Crippen LogP contribution < -0.4 is 14.8 Å². The third-order valence-corrected chi connectivity index (χ3v) is 3.78. The van der Waals surface area contributed by atoms with Crippen LogP contribution in [0.25, 0.3) is 0 Å². The summed E-state index contributed by atoms with van der Waals surface area (Å²) in [6, 6.07) is 5.90. The second-order valence-electron chi connectivity index (χ2n) is 5.02. The van der Waals surface area contributed by atoms with Crippen LogP contribution in [0.15, 0.2) is 18.2 Å². The van der Waals surface area contributed by atoms with Crippen molar-refractivity contribution in [3.8, 4) is 11.5 Å². The van der Waals surface area contributed by atoms with Gasteiger partial charge < -0.3 is 19.7 Å². The van der Waals surface area contributed by atoms with Gasteiger partial charge in [0.1, 0.15) is 0 Å². The third-order valence-electron chi connectivity index (χ3n) is 3.78. The molecule has 5 nitrogen and oxygen atoms in total. The first-order chi connectivity index (χ1) is 9.65. The van der Waals surface area contributed by atoms with Crippen LogP contribution in [-0.4, -0.2) is 51.2 Å². The van der Waals surface area contributed by atoms with Crippen molar-refractivity contribution in [1.29, 1.82) is 0 Å². The Hall–Kier alpha value is -1.46. The number of hydrogen-bond donors (Lipinski definition) is 1. The molecule has 21 heavy (non-hydrogen) atoms. The smallest absolute Gasteiger partial charge is 0.227 e. The summed E-state index contributed by atoms with van der Waals surface area (Å²) < 4.78 is 10.5. The minimum absolute atomic E-state index is 0. The predicted octanol–water partition coefficient (Wildman–Crippen LogP) is 1.49. The molecular weight excluding hydrogens is 292 g/mol. The summed E-state index contributed by atoms with van der Waals surface area (Å²) in [7, 11) is 5.07. The van der Waals surface area contributed by atoms with E-state index in [1.165, 1.54) is 0 Å². The van der Waals surface area contributed by atoms with Gasteiger partial charge in [0.05, 0.1) is 20.6 Å². The number of hydrogen-bond acceptors (Lipinski definition) is 4. The lowest BCUT2D eigenvalue weighted by Gasteiger charge is -2.24. The lowest BCUT2D eigenvalue weighted by atomic mass is 10.1. The van der Waals surface area contributed by atoms with Crippen molar-refractivity contribution in [3.05, 3.63) is 23.8 Å². The molecule has 0 bridgehead atoms. The molecule has 118 valence electrons. The fourth-order valence-electron chi connectivity index (χ4n) is 2.46. The molecule has 1 heterocycles. The number of rotatable bonds is 5. The van der Waals surface area contributed by atoms with Crippen molar-refractivity contribution in [2.45, 2.75) is 18.9 Å². The van der Waals surface area contributed by atoms with E-state index in [4.69, 9.17) is 9.47 Å². The van der Waals surface area contributed by atoms with E-state index in [1.54, 1.807) is 14.2 Å². The number of likely N-dealkylation sites (N-methyl/N-ethyl adjacent to an activating group) is 1. The van der Waals surface area contributed by atoms with Crippen LogP contribution in [-0.2, 0) is 11.2 Å². The highest BCUT2D eigenvalue weighted by Gasteiger charge is 2.23. The number of carbonyl (C=O) groups excluding carboxylic acids is 1. The van der Waals surface area contributed by atoms with Crippen LogP contribution in [0.4, 0.5) is 0 Å². The maximum atomic E-state index is 12.3. The topological polar surface area (TPSA) is 50.8 Å². The molecule has 0 aromatic heterocycles. The van der Waals surface area contributed by atoms with E-state index in [0.29, 0.717) is 24.0 Å². The number of ether oxygens (including phenoxy) is 2. The van der Waals surface area contributed by atoms with E-state index in [-0.39, 0.29) is 18.3 Å². The highest BCUT2D eigenvalue weighted by atomic mass is 35.5. The summed E-state index contributed by atoms with van der Waals surface area (Å²) in [4.78, 5) is 14.1. The Bertz CT molecular complexity index is 476. The standard InChI is InChI=1S/C15H22N2O3.ClH/c1-17(12-6-7-16-10-12)15(18)9-11-4-5-13(19-2)14(8-11)20-3;/h4-5,8,12,16H,6-7,9-10H2,1-3H3;1H. The monoisotopic (exact) mass is 314 g/mol. The second-order valence-corrected chi connectivity index (χ2v) is 5.02. The Balaban J connectivity index is 0.00000220. The highest BCUT2D eigenvalue weighted by molar-refractivity contribution is 5.85. The predicted molar refractivity (Wildman–Crippen MR) is 84.5 cm³/mol. The fraction of sp³-hybridized carbons (Fsp3) is 0.533. The summed E-state index contributed by atoms with van der Waals surface area (Å²) in [6.45, 7) is 1.87. The molecule has 1 N–H and O–H groups in total. The molecule has 0 radical (unpaired) electrons. The van der Waals surface area contributed by atoms with Gasteiger partial charge in [-0.25, -0.2) is 0 Å². The van der Waals surface area contributed by atoms with Gasteiger partial charge in [-0.05, 0) is 30.7 Å². The lowest BCUT2D eigenvalue weighted by Crippen LogP contribution is -2.39. The van der Waals surface area contributed by atoms with Gasteiger partial charge in [0.15, 0.2) is 11.5 Å². The number of halogens is 1. The average molecular weight is 315 g/mol. The van der Waals surface area contributed by atoms with E-state index < -0.39 is 0 Å². The molecule has 2 rings (SSSR count). The molecule has 1 unspecified atom stereocenters. The van der Waals surface area contributed by atoms with Crippen LogP contribution >= 0.6 is 12.4 Å². The van der Waals surface area contributed by atoms with Crippen molar-refractivity contribution in [1.82, 2.24) is 10.2 Å². The molecule has 1 saturated heterocycles. The van der Waals surface area contributed by atoms with E-state index in [9.17, 15) is 4.79 Å². The number of nitrogens with one attached hydrogen (secondary N) is 1. The summed E-state index contributed by atoms with van der Waals surface area (Å²) in [5.41, 5.74) is 0.936. The summed E-state index contributed by atoms with van der Waals surface area (Å²) in [5, 5.41) is 3.27. The zero-order valence-electron chi connectivity index (χ0n) is 12.7. The molecule has 0 saturated carbocycles. The highest BCUT2D eigenvalue weighted by Crippen LogP contribution is 2.27. The third kappa shape index (κ3) is 4.25. The van der Waals surface area contributed by atoms with Gasteiger partial charge >= 0.3 is 0 Å². The minimum Gasteiger partial charge on any atom is -0.493 e. The molecular formula is C15H23ClN2O3. The molecule has 1 atom stereocenters.